The molecule has 0 bridgehead atoms. The molecule has 0 radical (unpaired) electrons. The van der Waals surface area contributed by atoms with E-state index in [0.29, 0.717) is 50.9 Å². The van der Waals surface area contributed by atoms with Crippen LogP contribution in [0.15, 0.2) is 97.1 Å². The molecule has 2 aliphatic heterocycles. The summed E-state index contributed by atoms with van der Waals surface area (Å²) in [6.45, 7) is 2.21. The molecule has 3 aliphatic rings. The summed E-state index contributed by atoms with van der Waals surface area (Å²) in [4.78, 5) is 46.1. The van der Waals surface area contributed by atoms with E-state index in [1.165, 1.54) is 12.1 Å². The second-order valence-corrected chi connectivity index (χ2v) is 11.2. The molecule has 2 heterocycles. The Kier molecular flexibility index (Phi) is 6.13. The molecular formula is C35H25ClFNO4. The second-order valence-electron chi connectivity index (χ2n) is 10.8. The van der Waals surface area contributed by atoms with Gasteiger partial charge in [0.1, 0.15) is 23.0 Å². The zero-order valence-electron chi connectivity index (χ0n) is 22.6. The van der Waals surface area contributed by atoms with Crippen LogP contribution in [0.5, 0.6) is 5.75 Å². The molecule has 4 aromatic rings. The number of ether oxygens (including phenoxy) is 1. The van der Waals surface area contributed by atoms with E-state index >= 15 is 0 Å². The van der Waals surface area contributed by atoms with E-state index in [1.54, 1.807) is 72.8 Å². The van der Waals surface area contributed by atoms with Crippen LogP contribution in [-0.2, 0) is 0 Å². The SMILES string of the molecule is CCOc1ccccc1[C@H]1[C@@H](C(=O)c2ccc(Cl)cc2)N2c3ccc(F)cc3C=C[C@@H]2C12C(=O)c1ccccc1C2=O. The molecule has 0 N–H and O–H groups in total. The van der Waals surface area contributed by atoms with Crippen LogP contribution in [0.3, 0.4) is 0 Å². The minimum absolute atomic E-state index is 0.285. The zero-order chi connectivity index (χ0) is 29.2. The van der Waals surface area contributed by atoms with Crippen LogP contribution < -0.4 is 9.64 Å². The molecule has 0 aromatic heterocycles. The number of benzene rings is 4. The minimum atomic E-state index is -1.67. The molecule has 1 saturated heterocycles. The molecule has 1 aliphatic carbocycles. The number of rotatable bonds is 5. The Morgan fingerprint density at radius 1 is 0.929 bits per heavy atom. The number of hydrogen-bond acceptors (Lipinski definition) is 5. The third-order valence-corrected chi connectivity index (χ3v) is 8.97. The van der Waals surface area contributed by atoms with Crippen LogP contribution in [0.25, 0.3) is 6.08 Å². The highest BCUT2D eigenvalue weighted by atomic mass is 35.5. The first-order valence-electron chi connectivity index (χ1n) is 13.8. The zero-order valence-corrected chi connectivity index (χ0v) is 23.3. The fourth-order valence-electron chi connectivity index (χ4n) is 7.10. The van der Waals surface area contributed by atoms with Gasteiger partial charge in [-0.1, -0.05) is 66.2 Å². The van der Waals surface area contributed by atoms with Gasteiger partial charge < -0.3 is 9.64 Å². The number of nitrogens with zero attached hydrogens (tertiary/aromatic N) is 1. The number of halogens is 2. The number of carbonyl (C=O) groups excluding carboxylic acids is 3. The van der Waals surface area contributed by atoms with Gasteiger partial charge in [0.05, 0.1) is 12.6 Å². The second kappa shape index (κ2) is 9.78. The molecule has 4 aromatic carbocycles. The number of para-hydroxylation sites is 1. The van der Waals surface area contributed by atoms with Gasteiger partial charge in [0.15, 0.2) is 17.3 Å². The van der Waals surface area contributed by atoms with Crippen molar-refractivity contribution in [1.82, 2.24) is 0 Å². The summed E-state index contributed by atoms with van der Waals surface area (Å²) in [5, 5.41) is 0.476. The van der Waals surface area contributed by atoms with Crippen LogP contribution in [0.2, 0.25) is 5.02 Å². The predicted octanol–water partition coefficient (Wildman–Crippen LogP) is 7.19. The summed E-state index contributed by atoms with van der Waals surface area (Å²) < 4.78 is 20.5. The largest absolute Gasteiger partial charge is 0.494 e. The predicted molar refractivity (Wildman–Crippen MR) is 159 cm³/mol. The molecule has 42 heavy (non-hydrogen) atoms. The maximum Gasteiger partial charge on any atom is 0.185 e. The van der Waals surface area contributed by atoms with Gasteiger partial charge in [0.2, 0.25) is 0 Å². The van der Waals surface area contributed by atoms with Crippen molar-refractivity contribution in [1.29, 1.82) is 0 Å². The summed E-state index contributed by atoms with van der Waals surface area (Å²) >= 11 is 6.16. The molecule has 1 fully saturated rings. The Bertz CT molecular complexity index is 1780. The van der Waals surface area contributed by atoms with Crippen molar-refractivity contribution >= 4 is 40.7 Å². The monoisotopic (exact) mass is 577 g/mol. The highest BCUT2D eigenvalue weighted by Crippen LogP contribution is 2.62. The van der Waals surface area contributed by atoms with E-state index in [9.17, 15) is 18.8 Å². The molecule has 0 saturated carbocycles. The normalized spacial score (nSPS) is 21.3. The van der Waals surface area contributed by atoms with Gasteiger partial charge in [-0.15, -0.1) is 0 Å². The average molecular weight is 578 g/mol. The lowest BCUT2D eigenvalue weighted by Gasteiger charge is -2.37. The van der Waals surface area contributed by atoms with E-state index in [2.05, 4.69) is 0 Å². The van der Waals surface area contributed by atoms with Crippen LogP contribution in [0, 0.1) is 11.2 Å². The van der Waals surface area contributed by atoms with Crippen molar-refractivity contribution in [3.05, 3.63) is 136 Å². The molecule has 208 valence electrons. The molecule has 5 nitrogen and oxygen atoms in total. The topological polar surface area (TPSA) is 63.7 Å². The van der Waals surface area contributed by atoms with Crippen molar-refractivity contribution in [3.63, 3.8) is 0 Å². The number of hydrogen-bond donors (Lipinski definition) is 0. The van der Waals surface area contributed by atoms with Gasteiger partial charge >= 0.3 is 0 Å². The fraction of sp³-hybridized carbons (Fsp3) is 0.171. The van der Waals surface area contributed by atoms with E-state index in [0.717, 1.165) is 0 Å². The fourth-order valence-corrected chi connectivity index (χ4v) is 7.23. The number of fused-ring (bicyclic) bond motifs is 5. The quantitative estimate of drug-likeness (QED) is 0.185. The number of anilines is 1. The van der Waals surface area contributed by atoms with E-state index in [-0.39, 0.29) is 17.3 Å². The Morgan fingerprint density at radius 3 is 2.29 bits per heavy atom. The van der Waals surface area contributed by atoms with Crippen LogP contribution in [0.4, 0.5) is 10.1 Å². The Hall–Kier alpha value is -4.55. The van der Waals surface area contributed by atoms with Crippen molar-refractivity contribution in [3.8, 4) is 5.75 Å². The molecule has 7 rings (SSSR count). The van der Waals surface area contributed by atoms with Crippen LogP contribution in [-0.4, -0.2) is 36.0 Å². The van der Waals surface area contributed by atoms with Crippen molar-refractivity contribution in [2.75, 3.05) is 11.5 Å². The van der Waals surface area contributed by atoms with E-state index in [4.69, 9.17) is 16.3 Å². The first-order valence-corrected chi connectivity index (χ1v) is 14.2. The first kappa shape index (κ1) is 26.4. The number of ketones is 3. The molecule has 1 spiro atoms. The lowest BCUT2D eigenvalue weighted by Crippen LogP contribution is -2.48. The van der Waals surface area contributed by atoms with E-state index in [1.807, 2.05) is 30.0 Å². The average Bonchev–Trinajstić information content (AvgIpc) is 3.43. The number of Topliss-reactive ketones (excluding diaryl/α,β-unsaturated/α-hetero) is 3. The van der Waals surface area contributed by atoms with Crippen LogP contribution >= 0.6 is 11.6 Å². The summed E-state index contributed by atoms with van der Waals surface area (Å²) in [5.41, 5.74) is 1.10. The highest BCUT2D eigenvalue weighted by Gasteiger charge is 2.71. The Morgan fingerprint density at radius 2 is 1.60 bits per heavy atom. The number of carbonyl (C=O) groups is 3. The highest BCUT2D eigenvalue weighted by molar-refractivity contribution is 6.32. The maximum absolute atomic E-state index is 14.7. The molecule has 7 heteroatoms. The van der Waals surface area contributed by atoms with Gasteiger partial charge in [-0.05, 0) is 55.5 Å². The van der Waals surface area contributed by atoms with Gasteiger partial charge in [-0.25, -0.2) is 4.39 Å². The molecular weight excluding hydrogens is 553 g/mol. The van der Waals surface area contributed by atoms with Gasteiger partial charge in [0, 0.05) is 44.4 Å². The third-order valence-electron chi connectivity index (χ3n) is 8.72. The standard InChI is InChI=1S/C35H25ClFNO4/c1-2-42-28-10-6-5-9-26(28)30-31(32(39)20-11-14-22(36)15-12-20)38-27-17-16-23(37)19-21(27)13-18-29(38)35(30)33(40)24-7-3-4-8-25(24)34(35)41/h3-19,29-31H,2H2,1H3/t29-,30+,31+/m1/s1. The van der Waals surface area contributed by atoms with Gasteiger partial charge in [-0.2, -0.15) is 0 Å². The maximum atomic E-state index is 14.7. The lowest BCUT2D eigenvalue weighted by atomic mass is 9.64. The lowest BCUT2D eigenvalue weighted by molar-refractivity contribution is 0.0664. The summed E-state index contributed by atoms with van der Waals surface area (Å²) in [5.74, 6) is -1.82. The Labute approximate surface area is 247 Å². The third kappa shape index (κ3) is 3.58. The summed E-state index contributed by atoms with van der Waals surface area (Å²) in [6, 6.07) is 23.2. The molecule has 0 amide bonds. The molecule has 3 atom stereocenters. The first-order chi connectivity index (χ1) is 20.4. The van der Waals surface area contributed by atoms with Gasteiger partial charge in [0.25, 0.3) is 0 Å². The van der Waals surface area contributed by atoms with Crippen molar-refractivity contribution in [2.45, 2.75) is 24.9 Å². The molecule has 0 unspecified atom stereocenters. The Balaban J connectivity index is 1.56. The van der Waals surface area contributed by atoms with Gasteiger partial charge in [-0.3, -0.25) is 14.4 Å². The van der Waals surface area contributed by atoms with Crippen molar-refractivity contribution in [2.24, 2.45) is 5.41 Å². The van der Waals surface area contributed by atoms with E-state index < -0.39 is 29.2 Å². The minimum Gasteiger partial charge on any atom is -0.494 e. The summed E-state index contributed by atoms with van der Waals surface area (Å²) in [7, 11) is 0. The summed E-state index contributed by atoms with van der Waals surface area (Å²) in [6.07, 6.45) is 3.51. The van der Waals surface area contributed by atoms with Crippen molar-refractivity contribution < 1.29 is 23.5 Å². The van der Waals surface area contributed by atoms with Crippen LogP contribution in [0.1, 0.15) is 55.0 Å². The smallest absolute Gasteiger partial charge is 0.185 e.